The zero-order valence-electron chi connectivity index (χ0n) is 16.0. The van der Waals surface area contributed by atoms with Gasteiger partial charge in [0.05, 0.1) is 17.1 Å². The Bertz CT molecular complexity index is 966. The molecule has 28 heavy (non-hydrogen) atoms. The first-order valence-electron chi connectivity index (χ1n) is 9.00. The molecule has 0 unspecified atom stereocenters. The second-order valence-electron chi connectivity index (χ2n) is 6.97. The number of carbonyl (C=O) groups excluding carboxylic acids is 1. The van der Waals surface area contributed by atoms with Crippen molar-refractivity contribution >= 4 is 33.2 Å². The minimum Gasteiger partial charge on any atom is -0.373 e. The molecule has 1 aliphatic rings. The Labute approximate surface area is 170 Å². The van der Waals surface area contributed by atoms with Crippen molar-refractivity contribution < 1.29 is 17.9 Å². The number of carbonyl (C=O) groups is 1. The second-order valence-corrected chi connectivity index (χ2v) is 9.32. The van der Waals surface area contributed by atoms with Gasteiger partial charge in [0.15, 0.2) is 0 Å². The summed E-state index contributed by atoms with van der Waals surface area (Å²) < 4.78 is 32.8. The summed E-state index contributed by atoms with van der Waals surface area (Å²) in [6, 6.07) is 11.2. The number of hydrogen-bond acceptors (Lipinski definition) is 4. The van der Waals surface area contributed by atoms with E-state index in [9.17, 15) is 13.2 Å². The highest BCUT2D eigenvalue weighted by atomic mass is 35.5. The number of morpholine rings is 1. The van der Waals surface area contributed by atoms with Crippen molar-refractivity contribution in [3.63, 3.8) is 0 Å². The number of ether oxygens (including phenoxy) is 1. The quantitative estimate of drug-likeness (QED) is 0.815. The first-order chi connectivity index (χ1) is 13.2. The van der Waals surface area contributed by atoms with Gasteiger partial charge in [-0.3, -0.25) is 4.79 Å². The number of benzene rings is 2. The molecule has 2 aromatic rings. The van der Waals surface area contributed by atoms with Crippen LogP contribution in [0.3, 0.4) is 0 Å². The normalized spacial score (nSPS) is 20.7. The summed E-state index contributed by atoms with van der Waals surface area (Å²) in [7, 11) is -3.64. The topological polar surface area (TPSA) is 75.7 Å². The van der Waals surface area contributed by atoms with Gasteiger partial charge < -0.3 is 10.1 Å². The molecule has 1 amide bonds. The van der Waals surface area contributed by atoms with Gasteiger partial charge in [0, 0.05) is 29.4 Å². The van der Waals surface area contributed by atoms with Crippen molar-refractivity contribution in [3.8, 4) is 0 Å². The van der Waals surface area contributed by atoms with E-state index in [1.165, 1.54) is 28.6 Å². The van der Waals surface area contributed by atoms with Crippen molar-refractivity contribution in [3.05, 3.63) is 58.6 Å². The number of anilines is 1. The lowest BCUT2D eigenvalue weighted by atomic mass is 10.1. The van der Waals surface area contributed by atoms with Crippen LogP contribution in [0.5, 0.6) is 0 Å². The van der Waals surface area contributed by atoms with Crippen LogP contribution in [0, 0.1) is 6.92 Å². The van der Waals surface area contributed by atoms with Crippen LogP contribution in [0.4, 0.5) is 5.69 Å². The number of sulfonamides is 1. The fourth-order valence-electron chi connectivity index (χ4n) is 3.19. The lowest BCUT2D eigenvalue weighted by Gasteiger charge is -2.34. The number of hydrogen-bond donors (Lipinski definition) is 1. The van der Waals surface area contributed by atoms with Gasteiger partial charge in [0.25, 0.3) is 5.91 Å². The van der Waals surface area contributed by atoms with Gasteiger partial charge in [0.2, 0.25) is 10.0 Å². The van der Waals surface area contributed by atoms with E-state index in [0.29, 0.717) is 29.4 Å². The monoisotopic (exact) mass is 422 g/mol. The number of nitrogens with zero attached hydrogens (tertiary/aromatic N) is 1. The summed E-state index contributed by atoms with van der Waals surface area (Å²) >= 11 is 6.08. The zero-order chi connectivity index (χ0) is 20.5. The van der Waals surface area contributed by atoms with E-state index in [1.54, 1.807) is 18.2 Å². The fourth-order valence-corrected chi connectivity index (χ4v) is 4.96. The van der Waals surface area contributed by atoms with Gasteiger partial charge in [-0.05, 0) is 62.7 Å². The maximum absolute atomic E-state index is 12.9. The molecule has 0 aromatic heterocycles. The Kier molecular flexibility index (Phi) is 6.09. The Balaban J connectivity index is 1.77. The summed E-state index contributed by atoms with van der Waals surface area (Å²) in [5, 5.41) is 3.36. The molecule has 8 heteroatoms. The fraction of sp³-hybridized carbons (Fsp3) is 0.350. The van der Waals surface area contributed by atoms with E-state index >= 15 is 0 Å². The van der Waals surface area contributed by atoms with Gasteiger partial charge in [-0.2, -0.15) is 4.31 Å². The van der Waals surface area contributed by atoms with Crippen molar-refractivity contribution in [2.45, 2.75) is 37.9 Å². The van der Waals surface area contributed by atoms with E-state index in [4.69, 9.17) is 16.3 Å². The highest BCUT2D eigenvalue weighted by Gasteiger charge is 2.32. The van der Waals surface area contributed by atoms with Crippen LogP contribution in [0.15, 0.2) is 47.4 Å². The molecule has 1 saturated heterocycles. The molecule has 0 radical (unpaired) electrons. The maximum Gasteiger partial charge on any atom is 0.255 e. The molecule has 0 spiro atoms. The largest absolute Gasteiger partial charge is 0.373 e. The number of halogens is 1. The van der Waals surface area contributed by atoms with Gasteiger partial charge >= 0.3 is 0 Å². The first kappa shape index (κ1) is 20.8. The van der Waals surface area contributed by atoms with E-state index in [2.05, 4.69) is 5.32 Å². The molecular formula is C20H23ClN2O4S. The van der Waals surface area contributed by atoms with E-state index < -0.39 is 10.0 Å². The number of amides is 1. The van der Waals surface area contributed by atoms with Gasteiger partial charge in [-0.25, -0.2) is 8.42 Å². The van der Waals surface area contributed by atoms with Gasteiger partial charge in [0.1, 0.15) is 0 Å². The van der Waals surface area contributed by atoms with Crippen LogP contribution in [-0.4, -0.2) is 43.9 Å². The van der Waals surface area contributed by atoms with Gasteiger partial charge in [-0.15, -0.1) is 0 Å². The molecule has 0 saturated carbocycles. The van der Waals surface area contributed by atoms with Crippen LogP contribution in [-0.2, 0) is 14.8 Å². The van der Waals surface area contributed by atoms with Crippen LogP contribution in [0.2, 0.25) is 5.02 Å². The lowest BCUT2D eigenvalue weighted by molar-refractivity contribution is -0.0440. The van der Waals surface area contributed by atoms with Gasteiger partial charge in [-0.1, -0.05) is 17.7 Å². The number of nitrogens with one attached hydrogen (secondary N) is 1. The Hall–Kier alpha value is -1.93. The summed E-state index contributed by atoms with van der Waals surface area (Å²) in [5.41, 5.74) is 1.75. The van der Waals surface area contributed by atoms with Crippen LogP contribution >= 0.6 is 11.6 Å². The summed E-state index contributed by atoms with van der Waals surface area (Å²) in [6.07, 6.45) is -0.325. The molecule has 1 N–H and O–H groups in total. The predicted molar refractivity (Wildman–Crippen MR) is 109 cm³/mol. The Morgan fingerprint density at radius 1 is 1.11 bits per heavy atom. The first-order valence-corrected chi connectivity index (χ1v) is 10.8. The Morgan fingerprint density at radius 2 is 1.71 bits per heavy atom. The number of rotatable bonds is 4. The molecule has 150 valence electrons. The zero-order valence-corrected chi connectivity index (χ0v) is 17.5. The predicted octanol–water partition coefficient (Wildman–Crippen LogP) is 3.70. The summed E-state index contributed by atoms with van der Waals surface area (Å²) in [4.78, 5) is 12.7. The molecule has 0 aliphatic carbocycles. The average molecular weight is 423 g/mol. The van der Waals surface area contributed by atoms with Crippen LogP contribution in [0.1, 0.15) is 29.8 Å². The third-order valence-electron chi connectivity index (χ3n) is 4.66. The minimum absolute atomic E-state index is 0.157. The van der Waals surface area contributed by atoms with Crippen LogP contribution < -0.4 is 5.32 Å². The van der Waals surface area contributed by atoms with E-state index in [0.717, 1.165) is 5.56 Å². The minimum atomic E-state index is -3.64. The van der Waals surface area contributed by atoms with E-state index in [-0.39, 0.29) is 23.0 Å². The molecule has 2 aromatic carbocycles. The summed E-state index contributed by atoms with van der Waals surface area (Å²) in [6.45, 7) is 6.14. The van der Waals surface area contributed by atoms with Crippen molar-refractivity contribution in [2.24, 2.45) is 0 Å². The Morgan fingerprint density at radius 3 is 2.32 bits per heavy atom. The maximum atomic E-state index is 12.9. The molecule has 6 nitrogen and oxygen atoms in total. The van der Waals surface area contributed by atoms with Crippen molar-refractivity contribution in [1.29, 1.82) is 0 Å². The van der Waals surface area contributed by atoms with Crippen molar-refractivity contribution in [1.82, 2.24) is 4.31 Å². The SMILES string of the molecule is Cc1c(Cl)cccc1NC(=O)c1ccc(S(=O)(=O)N2C[C@@H](C)O[C@@H](C)C2)cc1. The third-order valence-corrected chi connectivity index (χ3v) is 6.91. The molecule has 1 heterocycles. The van der Waals surface area contributed by atoms with Crippen molar-refractivity contribution in [2.75, 3.05) is 18.4 Å². The van der Waals surface area contributed by atoms with E-state index in [1.807, 2.05) is 20.8 Å². The van der Waals surface area contributed by atoms with Crippen LogP contribution in [0.25, 0.3) is 0 Å². The molecule has 0 bridgehead atoms. The lowest BCUT2D eigenvalue weighted by Crippen LogP contribution is -2.48. The molecule has 3 rings (SSSR count). The molecule has 1 aliphatic heterocycles. The standard InChI is InChI=1S/C20H23ClN2O4S/c1-13-11-23(12-14(2)27-13)28(25,26)17-9-7-16(8-10-17)20(24)22-19-6-4-5-18(21)15(19)3/h4-10,13-14H,11-12H2,1-3H3,(H,22,24)/t13-,14+. The highest BCUT2D eigenvalue weighted by Crippen LogP contribution is 2.24. The molecular weight excluding hydrogens is 400 g/mol. The third kappa shape index (κ3) is 4.38. The summed E-state index contributed by atoms with van der Waals surface area (Å²) in [5.74, 6) is -0.331. The smallest absolute Gasteiger partial charge is 0.255 e. The second kappa shape index (κ2) is 8.21. The highest BCUT2D eigenvalue weighted by molar-refractivity contribution is 7.89. The molecule has 2 atom stereocenters. The average Bonchev–Trinajstić information content (AvgIpc) is 2.64. The molecule has 1 fully saturated rings.